The van der Waals surface area contributed by atoms with Gasteiger partial charge < -0.3 is 19.7 Å². The van der Waals surface area contributed by atoms with Crippen LogP contribution in [0.25, 0.3) is 0 Å². The molecule has 1 saturated heterocycles. The van der Waals surface area contributed by atoms with Crippen LogP contribution in [0.2, 0.25) is 0 Å². The number of rotatable bonds is 6. The van der Waals surface area contributed by atoms with E-state index in [4.69, 9.17) is 9.47 Å². The molecule has 0 aliphatic carbocycles. The molecule has 2 amide bonds. The summed E-state index contributed by atoms with van der Waals surface area (Å²) in [5, 5.41) is 2.88. The van der Waals surface area contributed by atoms with Gasteiger partial charge in [0.15, 0.2) is 0 Å². The third-order valence-electron chi connectivity index (χ3n) is 5.07. The highest BCUT2D eigenvalue weighted by atomic mass is 32.2. The number of methoxy groups -OCH3 is 2. The van der Waals surface area contributed by atoms with Crippen LogP contribution >= 0.6 is 0 Å². The zero-order valence-electron chi connectivity index (χ0n) is 17.3. The number of hydrogen-bond acceptors (Lipinski definition) is 5. The topological polar surface area (TPSA) is 97.0 Å². The Hall–Kier alpha value is -2.78. The normalized spacial score (nSPS) is 15.0. The first-order valence-corrected chi connectivity index (χ1v) is 11.2. The number of sulfonamides is 1. The number of nitrogens with zero attached hydrogens (tertiary/aromatic N) is 1. The summed E-state index contributed by atoms with van der Waals surface area (Å²) in [6.45, 7) is 2.85. The summed E-state index contributed by atoms with van der Waals surface area (Å²) in [6, 6.07) is 11.4. The molecule has 0 atom stereocenters. The predicted octanol–water partition coefficient (Wildman–Crippen LogP) is 2.99. The van der Waals surface area contributed by atoms with Gasteiger partial charge in [0.25, 0.3) is 0 Å². The van der Waals surface area contributed by atoms with Crippen LogP contribution in [0.3, 0.4) is 0 Å². The number of nitrogens with one attached hydrogen (secondary N) is 2. The van der Waals surface area contributed by atoms with Crippen molar-refractivity contribution in [3.8, 4) is 11.5 Å². The lowest BCUT2D eigenvalue weighted by Crippen LogP contribution is -2.47. The summed E-state index contributed by atoms with van der Waals surface area (Å²) in [7, 11) is -0.541. The zero-order chi connectivity index (χ0) is 21.7. The van der Waals surface area contributed by atoms with Crippen LogP contribution in [0.1, 0.15) is 18.4 Å². The van der Waals surface area contributed by atoms with Crippen molar-refractivity contribution in [3.05, 3.63) is 48.0 Å². The summed E-state index contributed by atoms with van der Waals surface area (Å²) in [5.41, 5.74) is 1.63. The minimum Gasteiger partial charge on any atom is -0.497 e. The van der Waals surface area contributed by atoms with E-state index in [1.165, 1.54) is 19.2 Å². The first-order chi connectivity index (χ1) is 14.3. The summed E-state index contributed by atoms with van der Waals surface area (Å²) < 4.78 is 38.3. The monoisotopic (exact) mass is 433 g/mol. The smallest absolute Gasteiger partial charge is 0.321 e. The maximum atomic E-state index is 12.6. The number of hydrogen-bond donors (Lipinski definition) is 2. The highest BCUT2D eigenvalue weighted by Gasteiger charge is 2.27. The van der Waals surface area contributed by atoms with Crippen molar-refractivity contribution >= 4 is 21.7 Å². The van der Waals surface area contributed by atoms with Crippen molar-refractivity contribution in [2.45, 2.75) is 30.7 Å². The highest BCUT2D eigenvalue weighted by molar-refractivity contribution is 7.89. The Morgan fingerprint density at radius 3 is 2.30 bits per heavy atom. The summed E-state index contributed by atoms with van der Waals surface area (Å²) in [6.07, 6.45) is 1.07. The molecule has 30 heavy (non-hydrogen) atoms. The van der Waals surface area contributed by atoms with Crippen LogP contribution < -0.4 is 19.5 Å². The lowest BCUT2D eigenvalue weighted by molar-refractivity contribution is 0.193. The molecule has 2 aromatic carbocycles. The van der Waals surface area contributed by atoms with Crippen LogP contribution in [0.15, 0.2) is 47.4 Å². The second-order valence-corrected chi connectivity index (χ2v) is 8.91. The average molecular weight is 434 g/mol. The molecular formula is C21H27N3O5S. The second kappa shape index (κ2) is 9.36. The first-order valence-electron chi connectivity index (χ1n) is 9.69. The van der Waals surface area contributed by atoms with Gasteiger partial charge >= 0.3 is 6.03 Å². The summed E-state index contributed by atoms with van der Waals surface area (Å²) >= 11 is 0. The Balaban J connectivity index is 1.56. The first kappa shape index (κ1) is 21.9. The molecule has 0 bridgehead atoms. The number of piperidine rings is 1. The van der Waals surface area contributed by atoms with E-state index in [0.717, 1.165) is 5.56 Å². The van der Waals surface area contributed by atoms with Crippen molar-refractivity contribution < 1.29 is 22.7 Å². The van der Waals surface area contributed by atoms with Gasteiger partial charge in [0, 0.05) is 19.1 Å². The van der Waals surface area contributed by atoms with E-state index in [2.05, 4.69) is 10.0 Å². The van der Waals surface area contributed by atoms with E-state index < -0.39 is 10.0 Å². The quantitative estimate of drug-likeness (QED) is 0.730. The minimum absolute atomic E-state index is 0.190. The van der Waals surface area contributed by atoms with Gasteiger partial charge in [-0.05, 0) is 61.7 Å². The third kappa shape index (κ3) is 5.22. The number of carbonyl (C=O) groups is 1. The molecule has 0 aromatic heterocycles. The van der Waals surface area contributed by atoms with E-state index >= 15 is 0 Å². The largest absolute Gasteiger partial charge is 0.497 e. The Morgan fingerprint density at radius 1 is 1.03 bits per heavy atom. The van der Waals surface area contributed by atoms with Gasteiger partial charge in [0.05, 0.1) is 24.8 Å². The molecule has 1 fully saturated rings. The van der Waals surface area contributed by atoms with Crippen molar-refractivity contribution in [3.63, 3.8) is 0 Å². The Kier molecular flexibility index (Phi) is 6.84. The van der Waals surface area contributed by atoms with E-state index in [-0.39, 0.29) is 17.0 Å². The number of carbonyl (C=O) groups excluding carboxylic acids is 1. The molecule has 162 valence electrons. The molecule has 9 heteroatoms. The minimum atomic E-state index is -3.63. The zero-order valence-corrected chi connectivity index (χ0v) is 18.2. The Bertz CT molecular complexity index is 984. The number of ether oxygens (including phenoxy) is 2. The fraction of sp³-hybridized carbons (Fsp3) is 0.381. The molecular weight excluding hydrogens is 406 g/mol. The van der Waals surface area contributed by atoms with Crippen molar-refractivity contribution in [1.29, 1.82) is 0 Å². The average Bonchev–Trinajstić information content (AvgIpc) is 2.74. The van der Waals surface area contributed by atoms with Crippen LogP contribution in [-0.4, -0.2) is 52.7 Å². The highest BCUT2D eigenvalue weighted by Crippen LogP contribution is 2.26. The van der Waals surface area contributed by atoms with Gasteiger partial charge in [-0.3, -0.25) is 0 Å². The molecule has 3 rings (SSSR count). The molecule has 0 unspecified atom stereocenters. The molecule has 0 spiro atoms. The van der Waals surface area contributed by atoms with Gasteiger partial charge in [-0.2, -0.15) is 0 Å². The molecule has 1 heterocycles. The summed E-state index contributed by atoms with van der Waals surface area (Å²) in [5.74, 6) is 1.19. The number of amides is 2. The van der Waals surface area contributed by atoms with Gasteiger partial charge in [-0.25, -0.2) is 17.9 Å². The molecule has 1 aliphatic rings. The van der Waals surface area contributed by atoms with Gasteiger partial charge in [-0.15, -0.1) is 0 Å². The standard InChI is InChI=1S/C21H27N3O5S/c1-15-4-9-20(29-3)19(14-15)22-21(25)24-12-10-16(11-13-24)23-30(26,27)18-7-5-17(28-2)6-8-18/h4-9,14,16,23H,10-13H2,1-3H3,(H,22,25). The summed E-state index contributed by atoms with van der Waals surface area (Å²) in [4.78, 5) is 14.5. The number of likely N-dealkylation sites (tertiary alicyclic amines) is 1. The Morgan fingerprint density at radius 2 is 1.70 bits per heavy atom. The lowest BCUT2D eigenvalue weighted by Gasteiger charge is -2.32. The van der Waals surface area contributed by atoms with E-state index in [0.29, 0.717) is 43.1 Å². The van der Waals surface area contributed by atoms with Crippen LogP contribution in [0, 0.1) is 6.92 Å². The molecule has 1 aliphatic heterocycles. The SMILES string of the molecule is COc1ccc(S(=O)(=O)NC2CCN(C(=O)Nc3cc(C)ccc3OC)CC2)cc1. The van der Waals surface area contributed by atoms with Gasteiger partial charge in [0.2, 0.25) is 10.0 Å². The van der Waals surface area contributed by atoms with Crippen molar-refractivity contribution in [2.75, 3.05) is 32.6 Å². The third-order valence-corrected chi connectivity index (χ3v) is 6.61. The maximum Gasteiger partial charge on any atom is 0.321 e. The van der Waals surface area contributed by atoms with Crippen LogP contribution in [0.4, 0.5) is 10.5 Å². The number of aryl methyl sites for hydroxylation is 1. The lowest BCUT2D eigenvalue weighted by atomic mass is 10.1. The van der Waals surface area contributed by atoms with Crippen molar-refractivity contribution in [2.24, 2.45) is 0 Å². The van der Waals surface area contributed by atoms with E-state index in [9.17, 15) is 13.2 Å². The fourth-order valence-electron chi connectivity index (χ4n) is 3.36. The van der Waals surface area contributed by atoms with Crippen LogP contribution in [-0.2, 0) is 10.0 Å². The van der Waals surface area contributed by atoms with Crippen molar-refractivity contribution in [1.82, 2.24) is 9.62 Å². The fourth-order valence-corrected chi connectivity index (χ4v) is 4.66. The van der Waals surface area contributed by atoms with Gasteiger partial charge in [0.1, 0.15) is 11.5 Å². The number of benzene rings is 2. The molecule has 0 saturated carbocycles. The van der Waals surface area contributed by atoms with E-state index in [1.54, 1.807) is 24.1 Å². The van der Waals surface area contributed by atoms with Crippen LogP contribution in [0.5, 0.6) is 11.5 Å². The predicted molar refractivity (Wildman–Crippen MR) is 115 cm³/mol. The number of anilines is 1. The molecule has 0 radical (unpaired) electrons. The Labute approximate surface area is 177 Å². The van der Waals surface area contributed by atoms with Gasteiger partial charge in [-0.1, -0.05) is 6.07 Å². The molecule has 2 aromatic rings. The molecule has 2 N–H and O–H groups in total. The number of urea groups is 1. The molecule has 8 nitrogen and oxygen atoms in total. The maximum absolute atomic E-state index is 12.6. The second-order valence-electron chi connectivity index (χ2n) is 7.19. The van der Waals surface area contributed by atoms with E-state index in [1.807, 2.05) is 25.1 Å².